The Morgan fingerprint density at radius 3 is 2.86 bits per heavy atom. The lowest BCUT2D eigenvalue weighted by molar-refractivity contribution is 0.492. The fourth-order valence-electron chi connectivity index (χ4n) is 2.29. The molecule has 1 fully saturated rings. The van der Waals surface area contributed by atoms with Crippen molar-refractivity contribution in [2.24, 2.45) is 5.92 Å². The normalized spacial score (nSPS) is 20.1. The third kappa shape index (κ3) is 2.74. The first-order valence-electron chi connectivity index (χ1n) is 5.51. The van der Waals surface area contributed by atoms with Crippen LogP contribution in [0.25, 0.3) is 0 Å². The van der Waals surface area contributed by atoms with Crippen LogP contribution in [0.4, 0.5) is 0 Å². The second-order valence-corrected chi connectivity index (χ2v) is 5.57. The molecule has 0 amide bonds. The summed E-state index contributed by atoms with van der Waals surface area (Å²) in [6, 6.07) is 2.21. The van der Waals surface area contributed by atoms with Gasteiger partial charge in [-0.3, -0.25) is 0 Å². The third-order valence-corrected chi connectivity index (χ3v) is 4.51. The van der Waals surface area contributed by atoms with Crippen LogP contribution in [0.15, 0.2) is 16.8 Å². The molecule has 0 N–H and O–H groups in total. The number of alkyl halides is 1. The van der Waals surface area contributed by atoms with E-state index in [9.17, 15) is 0 Å². The Morgan fingerprint density at radius 2 is 2.21 bits per heavy atom. The van der Waals surface area contributed by atoms with E-state index in [1.165, 1.54) is 31.2 Å². The average Bonchev–Trinajstić information content (AvgIpc) is 2.87. The number of aryl methyl sites for hydroxylation is 1. The van der Waals surface area contributed by atoms with Crippen molar-refractivity contribution < 1.29 is 0 Å². The van der Waals surface area contributed by atoms with E-state index in [0.717, 1.165) is 18.8 Å². The van der Waals surface area contributed by atoms with Crippen LogP contribution in [0.1, 0.15) is 37.7 Å². The molecule has 1 aliphatic rings. The van der Waals surface area contributed by atoms with Crippen LogP contribution in [0.5, 0.6) is 0 Å². The Hall–Kier alpha value is -0.0100. The van der Waals surface area contributed by atoms with Crippen LogP contribution in [0.2, 0.25) is 0 Å². The summed E-state index contributed by atoms with van der Waals surface area (Å²) in [5.74, 6) is 0.801. The van der Waals surface area contributed by atoms with Gasteiger partial charge in [0.1, 0.15) is 0 Å². The van der Waals surface area contributed by atoms with Crippen molar-refractivity contribution in [2.45, 2.75) is 43.9 Å². The molecule has 1 unspecified atom stereocenters. The highest BCUT2D eigenvalue weighted by molar-refractivity contribution is 7.07. The van der Waals surface area contributed by atoms with Crippen molar-refractivity contribution in [1.82, 2.24) is 0 Å². The van der Waals surface area contributed by atoms with Gasteiger partial charge in [-0.15, -0.1) is 11.6 Å². The average molecular weight is 229 g/mol. The van der Waals surface area contributed by atoms with Crippen molar-refractivity contribution in [3.05, 3.63) is 22.4 Å². The molecule has 0 bridgehead atoms. The third-order valence-electron chi connectivity index (χ3n) is 3.20. The Morgan fingerprint density at radius 1 is 1.43 bits per heavy atom. The quantitative estimate of drug-likeness (QED) is 0.667. The van der Waals surface area contributed by atoms with Crippen molar-refractivity contribution in [1.29, 1.82) is 0 Å². The van der Waals surface area contributed by atoms with Gasteiger partial charge in [-0.25, -0.2) is 0 Å². The molecule has 1 aromatic rings. The van der Waals surface area contributed by atoms with Crippen LogP contribution >= 0.6 is 22.9 Å². The summed E-state index contributed by atoms with van der Waals surface area (Å²) in [6.45, 7) is 0. The van der Waals surface area contributed by atoms with E-state index in [1.807, 2.05) is 0 Å². The van der Waals surface area contributed by atoms with Crippen LogP contribution in [-0.4, -0.2) is 5.38 Å². The molecular formula is C12H17ClS. The second-order valence-electron chi connectivity index (χ2n) is 4.23. The van der Waals surface area contributed by atoms with Crippen LogP contribution in [0.3, 0.4) is 0 Å². The number of hydrogen-bond acceptors (Lipinski definition) is 1. The maximum atomic E-state index is 6.41. The Balaban J connectivity index is 1.74. The van der Waals surface area contributed by atoms with Crippen molar-refractivity contribution in [3.8, 4) is 0 Å². The molecule has 2 rings (SSSR count). The minimum Gasteiger partial charge on any atom is -0.152 e. The maximum absolute atomic E-state index is 6.41. The van der Waals surface area contributed by atoms with E-state index in [2.05, 4.69) is 16.8 Å². The first kappa shape index (κ1) is 10.5. The largest absolute Gasteiger partial charge is 0.152 e. The summed E-state index contributed by atoms with van der Waals surface area (Å²) in [4.78, 5) is 0. The molecule has 0 saturated heterocycles. The molecular weight excluding hydrogens is 212 g/mol. The fraction of sp³-hybridized carbons (Fsp3) is 0.667. The highest BCUT2D eigenvalue weighted by Crippen LogP contribution is 2.32. The molecule has 1 atom stereocenters. The maximum Gasteiger partial charge on any atom is 0.0367 e. The van der Waals surface area contributed by atoms with E-state index in [0.29, 0.717) is 5.38 Å². The van der Waals surface area contributed by atoms with Crippen molar-refractivity contribution >= 4 is 22.9 Å². The fourth-order valence-corrected chi connectivity index (χ4v) is 3.36. The van der Waals surface area contributed by atoms with E-state index in [1.54, 1.807) is 11.3 Å². The topological polar surface area (TPSA) is 0 Å². The van der Waals surface area contributed by atoms with Gasteiger partial charge in [-0.1, -0.05) is 12.8 Å². The highest BCUT2D eigenvalue weighted by Gasteiger charge is 2.22. The summed E-state index contributed by atoms with van der Waals surface area (Å²) in [6.07, 6.45) is 7.82. The Labute approximate surface area is 95.3 Å². The van der Waals surface area contributed by atoms with Gasteiger partial charge in [-0.05, 0) is 54.0 Å². The molecule has 1 saturated carbocycles. The predicted molar refractivity (Wildman–Crippen MR) is 64.2 cm³/mol. The summed E-state index contributed by atoms with van der Waals surface area (Å²) < 4.78 is 0. The molecule has 1 aromatic heterocycles. The number of thiophene rings is 1. The zero-order chi connectivity index (χ0) is 9.80. The van der Waals surface area contributed by atoms with Gasteiger partial charge in [0.25, 0.3) is 0 Å². The molecule has 1 aliphatic carbocycles. The Bertz CT molecular complexity index is 249. The van der Waals surface area contributed by atoms with Gasteiger partial charge < -0.3 is 0 Å². The first-order valence-corrected chi connectivity index (χ1v) is 6.89. The molecule has 0 spiro atoms. The predicted octanol–water partition coefficient (Wildman–Crippen LogP) is 4.48. The number of halogens is 1. The van der Waals surface area contributed by atoms with Crippen molar-refractivity contribution in [3.63, 3.8) is 0 Å². The van der Waals surface area contributed by atoms with Gasteiger partial charge in [0.15, 0.2) is 0 Å². The van der Waals surface area contributed by atoms with Gasteiger partial charge in [-0.2, -0.15) is 11.3 Å². The minimum absolute atomic E-state index is 0.414. The summed E-state index contributed by atoms with van der Waals surface area (Å²) in [5.41, 5.74) is 1.46. The minimum atomic E-state index is 0.414. The summed E-state index contributed by atoms with van der Waals surface area (Å²) in [7, 11) is 0. The molecule has 0 nitrogen and oxygen atoms in total. The van der Waals surface area contributed by atoms with Crippen LogP contribution in [0, 0.1) is 5.92 Å². The number of hydrogen-bond donors (Lipinski definition) is 0. The molecule has 78 valence electrons. The SMILES string of the molecule is ClC(CCc1ccsc1)C1CCCC1. The standard InChI is InChI=1S/C12H17ClS/c13-12(11-3-1-2-4-11)6-5-10-7-8-14-9-10/h7-9,11-12H,1-6H2. The lowest BCUT2D eigenvalue weighted by atomic mass is 9.98. The lowest BCUT2D eigenvalue weighted by Crippen LogP contribution is -2.11. The van der Waals surface area contributed by atoms with Crippen LogP contribution < -0.4 is 0 Å². The zero-order valence-electron chi connectivity index (χ0n) is 8.42. The van der Waals surface area contributed by atoms with Crippen LogP contribution in [-0.2, 0) is 6.42 Å². The molecule has 0 aliphatic heterocycles. The van der Waals surface area contributed by atoms with E-state index in [-0.39, 0.29) is 0 Å². The van der Waals surface area contributed by atoms with Gasteiger partial charge in [0, 0.05) is 5.38 Å². The lowest BCUT2D eigenvalue weighted by Gasteiger charge is -2.15. The van der Waals surface area contributed by atoms with Gasteiger partial charge in [0.2, 0.25) is 0 Å². The monoisotopic (exact) mass is 228 g/mol. The van der Waals surface area contributed by atoms with Gasteiger partial charge in [0.05, 0.1) is 0 Å². The summed E-state index contributed by atoms with van der Waals surface area (Å²) in [5, 5.41) is 4.80. The van der Waals surface area contributed by atoms with E-state index >= 15 is 0 Å². The van der Waals surface area contributed by atoms with E-state index < -0.39 is 0 Å². The highest BCUT2D eigenvalue weighted by atomic mass is 35.5. The molecule has 2 heteroatoms. The zero-order valence-corrected chi connectivity index (χ0v) is 9.99. The van der Waals surface area contributed by atoms with Crippen molar-refractivity contribution in [2.75, 3.05) is 0 Å². The number of rotatable bonds is 4. The smallest absolute Gasteiger partial charge is 0.0367 e. The Kier molecular flexibility index (Phi) is 3.89. The molecule has 0 radical (unpaired) electrons. The first-order chi connectivity index (χ1) is 6.86. The molecule has 0 aromatic carbocycles. The molecule has 14 heavy (non-hydrogen) atoms. The van der Waals surface area contributed by atoms with Gasteiger partial charge >= 0.3 is 0 Å². The summed E-state index contributed by atoms with van der Waals surface area (Å²) >= 11 is 8.19. The van der Waals surface area contributed by atoms with E-state index in [4.69, 9.17) is 11.6 Å². The molecule has 1 heterocycles. The second kappa shape index (κ2) is 5.18.